The van der Waals surface area contributed by atoms with Crippen LogP contribution in [0.5, 0.6) is 0 Å². The summed E-state index contributed by atoms with van der Waals surface area (Å²) in [5.74, 6) is -0.901. The number of carbonyl (C=O) groups excluding carboxylic acids is 2. The lowest BCUT2D eigenvalue weighted by Gasteiger charge is -2.25. The number of ether oxygens (including phenoxy) is 1. The Labute approximate surface area is 176 Å². The van der Waals surface area contributed by atoms with E-state index in [1.54, 1.807) is 54.4 Å². The Kier molecular flexibility index (Phi) is 6.61. The summed E-state index contributed by atoms with van der Waals surface area (Å²) in [4.78, 5) is 26.8. The number of benzene rings is 3. The molecule has 5 nitrogen and oxygen atoms in total. The molecule has 3 aromatic rings. The maximum atomic E-state index is 12.7. The van der Waals surface area contributed by atoms with Crippen LogP contribution in [0.15, 0.2) is 78.9 Å². The number of hydrogen-bond donors (Lipinski definition) is 0. The number of hydrogen-bond acceptors (Lipinski definition) is 4. The second-order valence-electron chi connectivity index (χ2n) is 6.87. The van der Waals surface area contributed by atoms with Crippen LogP contribution in [-0.4, -0.2) is 30.4 Å². The van der Waals surface area contributed by atoms with Gasteiger partial charge in [0.15, 0.2) is 6.61 Å². The van der Waals surface area contributed by atoms with Gasteiger partial charge in [-0.1, -0.05) is 66.7 Å². The molecular weight excluding hydrogens is 376 g/mol. The Morgan fingerprint density at radius 3 is 2.23 bits per heavy atom. The SMILES string of the molecule is C[C@H](c1ccccc1)N(C)C(=O)COC(=O)c1ccccc1-c1ccccc1C#N. The first-order chi connectivity index (χ1) is 14.5. The average Bonchev–Trinajstić information content (AvgIpc) is 2.81. The van der Waals surface area contributed by atoms with Crippen LogP contribution in [-0.2, 0) is 9.53 Å². The third-order valence-corrected chi connectivity index (χ3v) is 5.07. The fourth-order valence-corrected chi connectivity index (χ4v) is 3.19. The van der Waals surface area contributed by atoms with Gasteiger partial charge in [0.1, 0.15) is 0 Å². The molecule has 1 atom stereocenters. The maximum Gasteiger partial charge on any atom is 0.339 e. The Hall–Kier alpha value is -3.91. The van der Waals surface area contributed by atoms with Gasteiger partial charge < -0.3 is 9.64 Å². The van der Waals surface area contributed by atoms with E-state index < -0.39 is 5.97 Å². The van der Waals surface area contributed by atoms with Gasteiger partial charge in [0.2, 0.25) is 0 Å². The Balaban J connectivity index is 1.73. The molecule has 0 fully saturated rings. The van der Waals surface area contributed by atoms with E-state index >= 15 is 0 Å². The zero-order chi connectivity index (χ0) is 21.5. The molecule has 1 amide bonds. The van der Waals surface area contributed by atoms with E-state index in [1.165, 1.54) is 0 Å². The number of amides is 1. The van der Waals surface area contributed by atoms with Crippen LogP contribution in [0.25, 0.3) is 11.1 Å². The highest BCUT2D eigenvalue weighted by Gasteiger charge is 2.21. The molecule has 0 spiro atoms. The first kappa shape index (κ1) is 20.8. The second-order valence-corrected chi connectivity index (χ2v) is 6.87. The van der Waals surface area contributed by atoms with Crippen molar-refractivity contribution in [2.75, 3.05) is 13.7 Å². The molecule has 0 aromatic heterocycles. The van der Waals surface area contributed by atoms with Crippen molar-refractivity contribution in [2.45, 2.75) is 13.0 Å². The summed E-state index contributed by atoms with van der Waals surface area (Å²) in [6.45, 7) is 1.56. The number of nitriles is 1. The van der Waals surface area contributed by atoms with Crippen molar-refractivity contribution in [3.8, 4) is 17.2 Å². The lowest BCUT2D eigenvalue weighted by molar-refractivity contribution is -0.135. The summed E-state index contributed by atoms with van der Waals surface area (Å²) in [5, 5.41) is 9.38. The molecule has 0 N–H and O–H groups in total. The van der Waals surface area contributed by atoms with Gasteiger partial charge in [0.25, 0.3) is 5.91 Å². The van der Waals surface area contributed by atoms with Gasteiger partial charge in [-0.3, -0.25) is 4.79 Å². The van der Waals surface area contributed by atoms with E-state index in [0.29, 0.717) is 22.3 Å². The van der Waals surface area contributed by atoms with E-state index in [2.05, 4.69) is 6.07 Å². The van der Waals surface area contributed by atoms with Crippen molar-refractivity contribution in [3.63, 3.8) is 0 Å². The van der Waals surface area contributed by atoms with Crippen molar-refractivity contribution in [2.24, 2.45) is 0 Å². The quantitative estimate of drug-likeness (QED) is 0.569. The Bertz CT molecular complexity index is 1090. The van der Waals surface area contributed by atoms with Gasteiger partial charge in [-0.25, -0.2) is 4.79 Å². The molecule has 3 aromatic carbocycles. The van der Waals surface area contributed by atoms with Gasteiger partial charge in [-0.2, -0.15) is 5.26 Å². The molecule has 0 heterocycles. The highest BCUT2D eigenvalue weighted by molar-refractivity contribution is 5.98. The van der Waals surface area contributed by atoms with E-state index in [9.17, 15) is 14.9 Å². The summed E-state index contributed by atoms with van der Waals surface area (Å²) >= 11 is 0. The van der Waals surface area contributed by atoms with Crippen LogP contribution in [0, 0.1) is 11.3 Å². The van der Waals surface area contributed by atoms with Crippen molar-refractivity contribution >= 4 is 11.9 Å². The average molecular weight is 398 g/mol. The highest BCUT2D eigenvalue weighted by Crippen LogP contribution is 2.27. The number of likely N-dealkylation sites (N-methyl/N-ethyl adjacent to an activating group) is 1. The lowest BCUT2D eigenvalue weighted by Crippen LogP contribution is -2.33. The van der Waals surface area contributed by atoms with Gasteiger partial charge in [-0.05, 0) is 30.2 Å². The molecule has 3 rings (SSSR count). The third kappa shape index (κ3) is 4.56. The minimum absolute atomic E-state index is 0.146. The van der Waals surface area contributed by atoms with Crippen LogP contribution in [0.2, 0.25) is 0 Å². The molecule has 5 heteroatoms. The maximum absolute atomic E-state index is 12.7. The Morgan fingerprint density at radius 2 is 1.53 bits per heavy atom. The van der Waals surface area contributed by atoms with E-state index in [-0.39, 0.29) is 18.6 Å². The zero-order valence-corrected chi connectivity index (χ0v) is 16.9. The summed E-state index contributed by atoms with van der Waals surface area (Å²) in [6, 6.07) is 25.6. The number of rotatable bonds is 6. The van der Waals surface area contributed by atoms with Gasteiger partial charge in [-0.15, -0.1) is 0 Å². The predicted molar refractivity (Wildman–Crippen MR) is 115 cm³/mol. The summed E-state index contributed by atoms with van der Waals surface area (Å²) in [6.07, 6.45) is 0. The molecular formula is C25H22N2O3. The minimum atomic E-state index is -0.604. The lowest BCUT2D eigenvalue weighted by atomic mass is 9.96. The van der Waals surface area contributed by atoms with Gasteiger partial charge >= 0.3 is 5.97 Å². The smallest absolute Gasteiger partial charge is 0.339 e. The minimum Gasteiger partial charge on any atom is -0.452 e. The second kappa shape index (κ2) is 9.53. The van der Waals surface area contributed by atoms with E-state index in [0.717, 1.165) is 5.56 Å². The zero-order valence-electron chi connectivity index (χ0n) is 16.9. The summed E-state index contributed by atoms with van der Waals surface area (Å²) in [5.41, 5.74) is 3.02. The molecule has 0 saturated heterocycles. The fourth-order valence-electron chi connectivity index (χ4n) is 3.19. The van der Waals surface area contributed by atoms with Crippen molar-refractivity contribution in [1.29, 1.82) is 5.26 Å². The monoisotopic (exact) mass is 398 g/mol. The van der Waals surface area contributed by atoms with Crippen LogP contribution in [0.4, 0.5) is 0 Å². The topological polar surface area (TPSA) is 70.4 Å². The van der Waals surface area contributed by atoms with Gasteiger partial charge in [0, 0.05) is 12.6 Å². The normalized spacial score (nSPS) is 11.2. The van der Waals surface area contributed by atoms with Crippen LogP contribution < -0.4 is 0 Å². The van der Waals surface area contributed by atoms with E-state index in [1.807, 2.05) is 43.3 Å². The third-order valence-electron chi connectivity index (χ3n) is 5.07. The number of carbonyl (C=O) groups is 2. The number of esters is 1. The standard InChI is InChI=1S/C25H22N2O3/c1-18(19-10-4-3-5-11-19)27(2)24(28)17-30-25(29)23-15-9-8-14-22(23)21-13-7-6-12-20(21)16-26/h3-15,18H,17H2,1-2H3/t18-/m1/s1. The molecule has 0 unspecified atom stereocenters. The predicted octanol–water partition coefficient (Wildman–Crippen LogP) is 4.60. The molecule has 0 radical (unpaired) electrons. The molecule has 0 aliphatic rings. The summed E-state index contributed by atoms with van der Waals surface area (Å²) < 4.78 is 5.32. The molecule has 0 saturated carbocycles. The largest absolute Gasteiger partial charge is 0.452 e. The first-order valence-corrected chi connectivity index (χ1v) is 9.59. The van der Waals surface area contributed by atoms with E-state index in [4.69, 9.17) is 4.74 Å². The fraction of sp³-hybridized carbons (Fsp3) is 0.160. The van der Waals surface area contributed by atoms with Crippen molar-refractivity contribution in [3.05, 3.63) is 95.6 Å². The van der Waals surface area contributed by atoms with Crippen molar-refractivity contribution in [1.82, 2.24) is 4.90 Å². The molecule has 0 aliphatic heterocycles. The summed E-state index contributed by atoms with van der Waals surface area (Å²) in [7, 11) is 1.69. The molecule has 150 valence electrons. The molecule has 0 aliphatic carbocycles. The van der Waals surface area contributed by atoms with Gasteiger partial charge in [0.05, 0.1) is 23.2 Å². The number of nitrogens with zero attached hydrogens (tertiary/aromatic N) is 2. The molecule has 0 bridgehead atoms. The van der Waals surface area contributed by atoms with Crippen LogP contribution in [0.3, 0.4) is 0 Å². The highest BCUT2D eigenvalue weighted by atomic mass is 16.5. The van der Waals surface area contributed by atoms with Crippen LogP contribution in [0.1, 0.15) is 34.5 Å². The first-order valence-electron chi connectivity index (χ1n) is 9.59. The Morgan fingerprint density at radius 1 is 0.933 bits per heavy atom. The van der Waals surface area contributed by atoms with Crippen molar-refractivity contribution < 1.29 is 14.3 Å². The molecule has 30 heavy (non-hydrogen) atoms. The van der Waals surface area contributed by atoms with Crippen LogP contribution >= 0.6 is 0 Å².